The van der Waals surface area contributed by atoms with Crippen LogP contribution in [0.15, 0.2) is 12.7 Å². The van der Waals surface area contributed by atoms with Gasteiger partial charge in [0.2, 0.25) is 0 Å². The second-order valence-electron chi connectivity index (χ2n) is 3.80. The number of alkyl halides is 1. The van der Waals surface area contributed by atoms with E-state index in [0.717, 1.165) is 6.54 Å². The Hall–Kier alpha value is -0.370. The SMILES string of the molecule is C=CC1(F)CN(CC(C)C)C1. The second kappa shape index (κ2) is 2.94. The van der Waals surface area contributed by atoms with Crippen molar-refractivity contribution in [2.24, 2.45) is 5.92 Å². The van der Waals surface area contributed by atoms with E-state index in [4.69, 9.17) is 0 Å². The third-order valence-electron chi connectivity index (χ3n) is 1.96. The highest BCUT2D eigenvalue weighted by atomic mass is 19.1. The van der Waals surface area contributed by atoms with Gasteiger partial charge in [0.1, 0.15) is 0 Å². The summed E-state index contributed by atoms with van der Waals surface area (Å²) in [5, 5.41) is 0. The van der Waals surface area contributed by atoms with Gasteiger partial charge >= 0.3 is 0 Å². The van der Waals surface area contributed by atoms with Crippen molar-refractivity contribution >= 4 is 0 Å². The molecule has 0 aromatic carbocycles. The lowest BCUT2D eigenvalue weighted by Gasteiger charge is -2.43. The smallest absolute Gasteiger partial charge is 0.154 e. The molecule has 0 spiro atoms. The maximum atomic E-state index is 13.2. The Morgan fingerprint density at radius 1 is 1.64 bits per heavy atom. The summed E-state index contributed by atoms with van der Waals surface area (Å²) in [6.45, 7) is 9.83. The lowest BCUT2D eigenvalue weighted by Crippen LogP contribution is -2.58. The molecule has 2 heteroatoms. The molecule has 0 bridgehead atoms. The Balaban J connectivity index is 2.23. The maximum Gasteiger partial charge on any atom is 0.154 e. The first-order valence-corrected chi connectivity index (χ1v) is 4.10. The second-order valence-corrected chi connectivity index (χ2v) is 3.80. The largest absolute Gasteiger partial charge is 0.296 e. The topological polar surface area (TPSA) is 3.24 Å². The molecule has 1 heterocycles. The predicted octanol–water partition coefficient (Wildman–Crippen LogP) is 1.85. The van der Waals surface area contributed by atoms with Crippen LogP contribution in [0.5, 0.6) is 0 Å². The van der Waals surface area contributed by atoms with Crippen LogP contribution >= 0.6 is 0 Å². The minimum absolute atomic E-state index is 0.536. The minimum Gasteiger partial charge on any atom is -0.296 e. The Morgan fingerprint density at radius 3 is 2.55 bits per heavy atom. The van der Waals surface area contributed by atoms with Gasteiger partial charge in [-0.05, 0) is 5.92 Å². The lowest BCUT2D eigenvalue weighted by atomic mass is 9.95. The molecule has 0 unspecified atom stereocenters. The average Bonchev–Trinajstić information content (AvgIpc) is 1.83. The zero-order chi connectivity index (χ0) is 8.48. The zero-order valence-electron chi connectivity index (χ0n) is 7.31. The molecule has 64 valence electrons. The van der Waals surface area contributed by atoms with Gasteiger partial charge in [-0.1, -0.05) is 26.5 Å². The van der Waals surface area contributed by atoms with Gasteiger partial charge in [-0.3, -0.25) is 4.90 Å². The summed E-state index contributed by atoms with van der Waals surface area (Å²) >= 11 is 0. The molecule has 1 nitrogen and oxygen atoms in total. The van der Waals surface area contributed by atoms with Crippen LogP contribution in [-0.4, -0.2) is 30.2 Å². The Morgan fingerprint density at radius 2 is 2.18 bits per heavy atom. The summed E-state index contributed by atoms with van der Waals surface area (Å²) in [5.74, 6) is 0.629. The standard InChI is InChI=1S/C9H16FN/c1-4-9(10)6-11(7-9)5-8(2)3/h4,8H,1,5-7H2,2-3H3. The highest BCUT2D eigenvalue weighted by molar-refractivity contribution is 5.07. The van der Waals surface area contributed by atoms with E-state index >= 15 is 0 Å². The summed E-state index contributed by atoms with van der Waals surface area (Å²) in [4.78, 5) is 2.12. The van der Waals surface area contributed by atoms with Crippen molar-refractivity contribution < 1.29 is 4.39 Å². The molecule has 0 aliphatic carbocycles. The van der Waals surface area contributed by atoms with Crippen molar-refractivity contribution in [1.29, 1.82) is 0 Å². The van der Waals surface area contributed by atoms with Crippen molar-refractivity contribution in [3.8, 4) is 0 Å². The first kappa shape index (κ1) is 8.72. The number of hydrogen-bond acceptors (Lipinski definition) is 1. The molecule has 1 aliphatic heterocycles. The number of hydrogen-bond donors (Lipinski definition) is 0. The summed E-state index contributed by atoms with van der Waals surface area (Å²) in [5.41, 5.74) is -1.09. The third-order valence-corrected chi connectivity index (χ3v) is 1.96. The monoisotopic (exact) mass is 157 g/mol. The van der Waals surface area contributed by atoms with Crippen LogP contribution in [0.25, 0.3) is 0 Å². The van der Waals surface area contributed by atoms with Gasteiger partial charge in [0.15, 0.2) is 5.67 Å². The molecule has 0 N–H and O–H groups in total. The van der Waals surface area contributed by atoms with Crippen molar-refractivity contribution in [1.82, 2.24) is 4.90 Å². The van der Waals surface area contributed by atoms with Gasteiger partial charge in [0, 0.05) is 19.6 Å². The van der Waals surface area contributed by atoms with Crippen molar-refractivity contribution in [3.05, 3.63) is 12.7 Å². The number of halogens is 1. The molecular weight excluding hydrogens is 141 g/mol. The van der Waals surface area contributed by atoms with Crippen LogP contribution in [-0.2, 0) is 0 Å². The maximum absolute atomic E-state index is 13.2. The fourth-order valence-electron chi connectivity index (χ4n) is 1.47. The summed E-state index contributed by atoms with van der Waals surface area (Å²) in [7, 11) is 0. The van der Waals surface area contributed by atoms with E-state index in [2.05, 4.69) is 25.3 Å². The fourth-order valence-corrected chi connectivity index (χ4v) is 1.47. The first-order valence-electron chi connectivity index (χ1n) is 4.10. The van der Waals surface area contributed by atoms with Gasteiger partial charge < -0.3 is 0 Å². The van der Waals surface area contributed by atoms with Crippen LogP contribution < -0.4 is 0 Å². The highest BCUT2D eigenvalue weighted by Crippen LogP contribution is 2.26. The van der Waals surface area contributed by atoms with Crippen LogP contribution in [0.3, 0.4) is 0 Å². The Kier molecular flexibility index (Phi) is 2.33. The summed E-state index contributed by atoms with van der Waals surface area (Å²) in [6, 6.07) is 0. The molecule has 0 amide bonds. The van der Waals surface area contributed by atoms with Gasteiger partial charge in [-0.15, -0.1) is 0 Å². The van der Waals surface area contributed by atoms with E-state index in [1.807, 2.05) is 0 Å². The molecule has 1 fully saturated rings. The number of rotatable bonds is 3. The zero-order valence-corrected chi connectivity index (χ0v) is 7.31. The molecule has 0 aromatic heterocycles. The average molecular weight is 157 g/mol. The molecule has 1 rings (SSSR count). The molecule has 11 heavy (non-hydrogen) atoms. The minimum atomic E-state index is -1.09. The number of nitrogens with zero attached hydrogens (tertiary/aromatic N) is 1. The van der Waals surface area contributed by atoms with Crippen LogP contribution in [0.2, 0.25) is 0 Å². The van der Waals surface area contributed by atoms with Crippen LogP contribution in [0.1, 0.15) is 13.8 Å². The van der Waals surface area contributed by atoms with Crippen molar-refractivity contribution in [3.63, 3.8) is 0 Å². The molecule has 1 aliphatic rings. The Bertz CT molecular complexity index is 148. The summed E-state index contributed by atoms with van der Waals surface area (Å²) in [6.07, 6.45) is 1.42. The third kappa shape index (κ3) is 2.03. The van der Waals surface area contributed by atoms with Gasteiger partial charge in [-0.2, -0.15) is 0 Å². The van der Waals surface area contributed by atoms with Gasteiger partial charge in [0.05, 0.1) is 0 Å². The predicted molar refractivity (Wildman–Crippen MR) is 45.3 cm³/mol. The fraction of sp³-hybridized carbons (Fsp3) is 0.778. The first-order chi connectivity index (χ1) is 5.06. The van der Waals surface area contributed by atoms with E-state index < -0.39 is 5.67 Å². The van der Waals surface area contributed by atoms with E-state index in [0.29, 0.717) is 19.0 Å². The van der Waals surface area contributed by atoms with Crippen LogP contribution in [0, 0.1) is 5.92 Å². The molecule has 0 aromatic rings. The molecule has 0 saturated carbocycles. The molecule has 0 atom stereocenters. The molecule has 0 radical (unpaired) electrons. The van der Waals surface area contributed by atoms with Gasteiger partial charge in [-0.25, -0.2) is 4.39 Å². The van der Waals surface area contributed by atoms with E-state index in [9.17, 15) is 4.39 Å². The lowest BCUT2D eigenvalue weighted by molar-refractivity contribution is -0.00115. The van der Waals surface area contributed by atoms with Gasteiger partial charge in [0.25, 0.3) is 0 Å². The van der Waals surface area contributed by atoms with Crippen molar-refractivity contribution in [2.45, 2.75) is 19.5 Å². The molecular formula is C9H16FN. The van der Waals surface area contributed by atoms with Crippen molar-refractivity contribution in [2.75, 3.05) is 19.6 Å². The number of likely N-dealkylation sites (tertiary alicyclic amines) is 1. The normalized spacial score (nSPS) is 23.3. The highest BCUT2D eigenvalue weighted by Gasteiger charge is 2.40. The molecule has 1 saturated heterocycles. The van der Waals surface area contributed by atoms with Crippen LogP contribution in [0.4, 0.5) is 4.39 Å². The van der Waals surface area contributed by atoms with E-state index in [1.165, 1.54) is 6.08 Å². The Labute approximate surface area is 67.9 Å². The summed E-state index contributed by atoms with van der Waals surface area (Å²) < 4.78 is 13.2. The quantitative estimate of drug-likeness (QED) is 0.565. The van der Waals surface area contributed by atoms with E-state index in [1.54, 1.807) is 0 Å². The van der Waals surface area contributed by atoms with E-state index in [-0.39, 0.29) is 0 Å².